The molecule has 0 aliphatic heterocycles. The zero-order valence-corrected chi connectivity index (χ0v) is 11.2. The van der Waals surface area contributed by atoms with Gasteiger partial charge < -0.3 is 5.73 Å². The lowest BCUT2D eigenvalue weighted by Crippen LogP contribution is -1.92. The lowest BCUT2D eigenvalue weighted by Gasteiger charge is -2.08. The Morgan fingerprint density at radius 2 is 2.07 bits per heavy atom. The molecular formula is C11H14ClNS2. The largest absolute Gasteiger partial charge is 0.327 e. The molecule has 15 heavy (non-hydrogen) atoms. The number of thioether (sulfide) groups is 2. The number of nitrogens with two attached hydrogens (primary N) is 1. The fraction of sp³-hybridized carbons (Fsp3) is 0.273. The molecule has 2 N–H and O–H groups in total. The lowest BCUT2D eigenvalue weighted by atomic mass is 10.2. The molecule has 0 amide bonds. The molecule has 4 heteroatoms. The van der Waals surface area contributed by atoms with Crippen molar-refractivity contribution >= 4 is 41.2 Å². The summed E-state index contributed by atoms with van der Waals surface area (Å²) in [5, 5.41) is 0.811. The van der Waals surface area contributed by atoms with Gasteiger partial charge in [0, 0.05) is 16.3 Å². The lowest BCUT2D eigenvalue weighted by molar-refractivity contribution is 1.24. The molecule has 1 aromatic carbocycles. The summed E-state index contributed by atoms with van der Waals surface area (Å²) >= 11 is 9.58. The summed E-state index contributed by atoms with van der Waals surface area (Å²) in [7, 11) is 0. The quantitative estimate of drug-likeness (QED) is 0.834. The number of benzene rings is 1. The van der Waals surface area contributed by atoms with Crippen LogP contribution in [0.2, 0.25) is 5.02 Å². The molecule has 82 valence electrons. The summed E-state index contributed by atoms with van der Waals surface area (Å²) in [6.45, 7) is 0.552. The van der Waals surface area contributed by atoms with E-state index < -0.39 is 0 Å². The van der Waals surface area contributed by atoms with E-state index in [2.05, 4.69) is 12.3 Å². The van der Waals surface area contributed by atoms with Gasteiger partial charge in [0.2, 0.25) is 0 Å². The van der Waals surface area contributed by atoms with Crippen molar-refractivity contribution in [1.82, 2.24) is 0 Å². The first-order chi connectivity index (χ1) is 7.22. The molecule has 0 unspecified atom stereocenters. The van der Waals surface area contributed by atoms with Crippen LogP contribution in [0.5, 0.6) is 0 Å². The molecule has 0 bridgehead atoms. The topological polar surface area (TPSA) is 26.0 Å². The molecule has 0 aromatic heterocycles. The predicted molar refractivity (Wildman–Crippen MR) is 73.1 cm³/mol. The summed E-state index contributed by atoms with van der Waals surface area (Å²) in [5.41, 5.74) is 6.52. The van der Waals surface area contributed by atoms with Gasteiger partial charge in [0.15, 0.2) is 0 Å². The van der Waals surface area contributed by atoms with Crippen molar-refractivity contribution in [3.05, 3.63) is 28.8 Å². The average Bonchev–Trinajstić information content (AvgIpc) is 2.25. The molecule has 0 atom stereocenters. The van der Waals surface area contributed by atoms with Crippen LogP contribution in [0, 0.1) is 0 Å². The molecule has 1 nitrogen and oxygen atoms in total. The normalized spacial score (nSPS) is 11.2. The fourth-order valence-corrected chi connectivity index (χ4v) is 3.32. The molecule has 0 saturated heterocycles. The molecule has 0 aliphatic rings. The van der Waals surface area contributed by atoms with Gasteiger partial charge in [0.25, 0.3) is 0 Å². The second kappa shape index (κ2) is 6.48. The van der Waals surface area contributed by atoms with E-state index in [1.807, 2.05) is 24.5 Å². The van der Waals surface area contributed by atoms with Gasteiger partial charge >= 0.3 is 0 Å². The Kier molecular flexibility index (Phi) is 5.61. The van der Waals surface area contributed by atoms with Crippen molar-refractivity contribution in [3.8, 4) is 0 Å². The maximum atomic E-state index is 6.19. The SMILES string of the molecule is CSc1cc(/C=C/CN)cc(Cl)c1SC. The van der Waals surface area contributed by atoms with E-state index in [0.29, 0.717) is 6.54 Å². The van der Waals surface area contributed by atoms with Crippen LogP contribution in [-0.2, 0) is 0 Å². The molecule has 0 fully saturated rings. The first-order valence-electron chi connectivity index (χ1n) is 4.51. The smallest absolute Gasteiger partial charge is 0.0559 e. The van der Waals surface area contributed by atoms with Crippen LogP contribution in [0.1, 0.15) is 5.56 Å². The highest BCUT2D eigenvalue weighted by Gasteiger charge is 2.06. The highest BCUT2D eigenvalue weighted by Crippen LogP contribution is 2.35. The summed E-state index contributed by atoms with van der Waals surface area (Å²) in [6, 6.07) is 4.10. The van der Waals surface area contributed by atoms with E-state index in [9.17, 15) is 0 Å². The van der Waals surface area contributed by atoms with Gasteiger partial charge in [-0.2, -0.15) is 0 Å². The Balaban J connectivity index is 3.13. The van der Waals surface area contributed by atoms with Crippen LogP contribution in [0.3, 0.4) is 0 Å². The van der Waals surface area contributed by atoms with Crippen molar-refractivity contribution in [3.63, 3.8) is 0 Å². The van der Waals surface area contributed by atoms with Crippen molar-refractivity contribution in [2.75, 3.05) is 19.1 Å². The van der Waals surface area contributed by atoms with Gasteiger partial charge in [-0.25, -0.2) is 0 Å². The zero-order chi connectivity index (χ0) is 11.3. The van der Waals surface area contributed by atoms with Crippen molar-refractivity contribution < 1.29 is 0 Å². The Hall–Kier alpha value is -0.0900. The molecule has 0 aliphatic carbocycles. The van der Waals surface area contributed by atoms with Crippen LogP contribution in [-0.4, -0.2) is 19.1 Å². The van der Waals surface area contributed by atoms with Crippen molar-refractivity contribution in [2.45, 2.75) is 9.79 Å². The van der Waals surface area contributed by atoms with E-state index in [1.165, 1.54) is 4.90 Å². The second-order valence-corrected chi connectivity index (χ2v) is 4.95. The third-order valence-corrected chi connectivity index (χ3v) is 4.05. The van der Waals surface area contributed by atoms with Gasteiger partial charge in [-0.05, 0) is 30.2 Å². The van der Waals surface area contributed by atoms with E-state index in [1.54, 1.807) is 23.5 Å². The molecule has 0 saturated carbocycles. The first-order valence-corrected chi connectivity index (χ1v) is 7.33. The molecule has 1 aromatic rings. The molecule has 0 heterocycles. The zero-order valence-electron chi connectivity index (χ0n) is 8.79. The second-order valence-electron chi connectivity index (χ2n) is 2.88. The minimum Gasteiger partial charge on any atom is -0.327 e. The minimum atomic E-state index is 0.552. The maximum absolute atomic E-state index is 6.19. The van der Waals surface area contributed by atoms with E-state index in [0.717, 1.165) is 15.5 Å². The summed E-state index contributed by atoms with van der Waals surface area (Å²) < 4.78 is 0. The third-order valence-electron chi connectivity index (χ3n) is 1.90. The number of halogens is 1. The molecule has 0 radical (unpaired) electrons. The van der Waals surface area contributed by atoms with Crippen LogP contribution in [0.4, 0.5) is 0 Å². The molecule has 1 rings (SSSR count). The molecule has 0 spiro atoms. The maximum Gasteiger partial charge on any atom is 0.0559 e. The van der Waals surface area contributed by atoms with Crippen LogP contribution >= 0.6 is 35.1 Å². The van der Waals surface area contributed by atoms with Crippen LogP contribution < -0.4 is 5.73 Å². The average molecular weight is 260 g/mol. The van der Waals surface area contributed by atoms with Gasteiger partial charge in [0.1, 0.15) is 0 Å². The van der Waals surface area contributed by atoms with E-state index >= 15 is 0 Å². The number of hydrogen-bond acceptors (Lipinski definition) is 3. The van der Waals surface area contributed by atoms with E-state index in [-0.39, 0.29) is 0 Å². The van der Waals surface area contributed by atoms with Gasteiger partial charge in [-0.1, -0.05) is 23.8 Å². The highest BCUT2D eigenvalue weighted by atomic mass is 35.5. The van der Waals surface area contributed by atoms with Crippen LogP contribution in [0.15, 0.2) is 28.0 Å². The minimum absolute atomic E-state index is 0.552. The van der Waals surface area contributed by atoms with Crippen molar-refractivity contribution in [1.29, 1.82) is 0 Å². The predicted octanol–water partition coefficient (Wildman–Crippen LogP) is 3.76. The summed E-state index contributed by atoms with van der Waals surface area (Å²) in [5.74, 6) is 0. The van der Waals surface area contributed by atoms with Gasteiger partial charge in [0.05, 0.1) is 5.02 Å². The monoisotopic (exact) mass is 259 g/mol. The Labute approximate surface area is 104 Å². The number of rotatable bonds is 4. The van der Waals surface area contributed by atoms with Crippen molar-refractivity contribution in [2.24, 2.45) is 5.73 Å². The number of hydrogen-bond donors (Lipinski definition) is 1. The van der Waals surface area contributed by atoms with E-state index in [4.69, 9.17) is 17.3 Å². The fourth-order valence-electron chi connectivity index (χ4n) is 1.24. The standard InChI is InChI=1S/C11H14ClNS2/c1-14-10-7-8(4-3-5-13)6-9(12)11(10)15-2/h3-4,6-7H,5,13H2,1-2H3/b4-3+. The summed E-state index contributed by atoms with van der Waals surface area (Å²) in [4.78, 5) is 2.36. The Bertz CT molecular complexity index is 364. The molecular weight excluding hydrogens is 246 g/mol. The van der Waals surface area contributed by atoms with Gasteiger partial charge in [-0.15, -0.1) is 23.5 Å². The van der Waals surface area contributed by atoms with Gasteiger partial charge in [-0.3, -0.25) is 0 Å². The first kappa shape index (κ1) is 13.0. The Morgan fingerprint density at radius 1 is 1.33 bits per heavy atom. The Morgan fingerprint density at radius 3 is 2.60 bits per heavy atom. The van der Waals surface area contributed by atoms with Crippen LogP contribution in [0.25, 0.3) is 6.08 Å². The summed E-state index contributed by atoms with van der Waals surface area (Å²) in [6.07, 6.45) is 8.02. The third kappa shape index (κ3) is 3.45. The highest BCUT2D eigenvalue weighted by molar-refractivity contribution is 8.01.